The van der Waals surface area contributed by atoms with Gasteiger partial charge in [0.1, 0.15) is 0 Å². The second kappa shape index (κ2) is 5.05. The third kappa shape index (κ3) is 2.42. The predicted octanol–water partition coefficient (Wildman–Crippen LogP) is 2.81. The van der Waals surface area contributed by atoms with Gasteiger partial charge in [0.05, 0.1) is 0 Å². The van der Waals surface area contributed by atoms with Gasteiger partial charge in [0, 0.05) is 15.6 Å². The summed E-state index contributed by atoms with van der Waals surface area (Å²) in [5.74, 6) is -1.94. The van der Waals surface area contributed by atoms with Crippen LogP contribution in [0, 0.1) is 6.92 Å². The van der Waals surface area contributed by atoms with E-state index in [1.54, 1.807) is 6.92 Å². The molecule has 0 atom stereocenters. The first-order valence-corrected chi connectivity index (χ1v) is 6.39. The molecule has 0 aliphatic rings. The van der Waals surface area contributed by atoms with Gasteiger partial charge < -0.3 is 20.4 Å². The van der Waals surface area contributed by atoms with Crippen molar-refractivity contribution in [2.75, 3.05) is 0 Å². The number of phenolic OH excluding ortho intramolecular Hbond substituents is 4. The van der Waals surface area contributed by atoms with Gasteiger partial charge in [0.2, 0.25) is 0 Å². The number of hydrogen-bond donors (Lipinski definition) is 4. The fourth-order valence-electron chi connectivity index (χ4n) is 1.80. The van der Waals surface area contributed by atoms with E-state index in [4.69, 9.17) is 0 Å². The summed E-state index contributed by atoms with van der Waals surface area (Å²) in [6, 6.07) is 4.77. The highest BCUT2D eigenvalue weighted by Gasteiger charge is 2.19. The number of hydrogen-bond acceptors (Lipinski definition) is 5. The lowest BCUT2D eigenvalue weighted by Crippen LogP contribution is -2.04. The second-order valence-corrected chi connectivity index (χ2v) is 5.16. The smallest absolute Gasteiger partial charge is 0.194 e. The molecule has 6 heteroatoms. The summed E-state index contributed by atoms with van der Waals surface area (Å²) in [6.45, 7) is 1.61. The number of ketones is 1. The lowest BCUT2D eigenvalue weighted by Gasteiger charge is -2.10. The summed E-state index contributed by atoms with van der Waals surface area (Å²) in [6.07, 6.45) is 0. The Labute approximate surface area is 122 Å². The topological polar surface area (TPSA) is 98.0 Å². The van der Waals surface area contributed by atoms with Crippen LogP contribution >= 0.6 is 15.9 Å². The Morgan fingerprint density at radius 1 is 0.850 bits per heavy atom. The summed E-state index contributed by atoms with van der Waals surface area (Å²) in [4.78, 5) is 12.4. The van der Waals surface area contributed by atoms with Crippen molar-refractivity contribution in [2.45, 2.75) is 6.92 Å². The van der Waals surface area contributed by atoms with Crippen LogP contribution in [0.1, 0.15) is 21.5 Å². The van der Waals surface area contributed by atoms with E-state index in [2.05, 4.69) is 15.9 Å². The van der Waals surface area contributed by atoms with Gasteiger partial charge in [-0.3, -0.25) is 4.79 Å². The van der Waals surface area contributed by atoms with E-state index in [1.165, 1.54) is 12.1 Å². The highest BCUT2D eigenvalue weighted by atomic mass is 79.9. The Morgan fingerprint density at radius 3 is 1.90 bits per heavy atom. The molecule has 20 heavy (non-hydrogen) atoms. The van der Waals surface area contributed by atoms with E-state index in [0.29, 0.717) is 10.0 Å². The number of halogens is 1. The van der Waals surface area contributed by atoms with E-state index in [9.17, 15) is 25.2 Å². The van der Waals surface area contributed by atoms with Gasteiger partial charge in [-0.1, -0.05) is 0 Å². The van der Waals surface area contributed by atoms with Crippen LogP contribution in [-0.2, 0) is 0 Å². The summed E-state index contributed by atoms with van der Waals surface area (Å²) in [5, 5.41) is 37.7. The molecule has 5 nitrogen and oxygen atoms in total. The zero-order valence-electron chi connectivity index (χ0n) is 10.4. The maximum Gasteiger partial charge on any atom is 0.194 e. The average molecular weight is 339 g/mol. The van der Waals surface area contributed by atoms with Gasteiger partial charge in [-0.2, -0.15) is 0 Å². The van der Waals surface area contributed by atoms with Crippen molar-refractivity contribution in [1.29, 1.82) is 0 Å². The van der Waals surface area contributed by atoms with Crippen molar-refractivity contribution in [1.82, 2.24) is 0 Å². The Balaban J connectivity index is 2.57. The van der Waals surface area contributed by atoms with Crippen LogP contribution in [0.2, 0.25) is 0 Å². The van der Waals surface area contributed by atoms with Gasteiger partial charge in [-0.25, -0.2) is 0 Å². The van der Waals surface area contributed by atoms with Crippen molar-refractivity contribution >= 4 is 21.7 Å². The first kappa shape index (κ1) is 14.2. The van der Waals surface area contributed by atoms with Crippen LogP contribution in [0.4, 0.5) is 0 Å². The zero-order valence-corrected chi connectivity index (χ0v) is 12.0. The van der Waals surface area contributed by atoms with E-state index in [-0.39, 0.29) is 22.6 Å². The fraction of sp³-hybridized carbons (Fsp3) is 0.0714. The number of carbonyl (C=O) groups is 1. The highest BCUT2D eigenvalue weighted by Crippen LogP contribution is 2.35. The zero-order chi connectivity index (χ0) is 15.0. The van der Waals surface area contributed by atoms with E-state index >= 15 is 0 Å². The van der Waals surface area contributed by atoms with Gasteiger partial charge in [0.25, 0.3) is 0 Å². The fourth-order valence-corrected chi connectivity index (χ4v) is 2.31. The van der Waals surface area contributed by atoms with Crippen LogP contribution in [-0.4, -0.2) is 26.2 Å². The van der Waals surface area contributed by atoms with Gasteiger partial charge in [0.15, 0.2) is 28.8 Å². The molecule has 0 heterocycles. The third-order valence-corrected chi connectivity index (χ3v) is 3.53. The minimum absolute atomic E-state index is 0.133. The number of aryl methyl sites for hydroxylation is 1. The normalized spacial score (nSPS) is 10.5. The van der Waals surface area contributed by atoms with Crippen molar-refractivity contribution in [3.63, 3.8) is 0 Å². The summed E-state index contributed by atoms with van der Waals surface area (Å²) < 4.78 is 0.310. The molecule has 0 saturated carbocycles. The molecule has 0 amide bonds. The van der Waals surface area contributed by atoms with Crippen molar-refractivity contribution in [2.24, 2.45) is 0 Å². The average Bonchev–Trinajstić information content (AvgIpc) is 2.37. The van der Waals surface area contributed by atoms with E-state index in [1.807, 2.05) is 0 Å². The minimum atomic E-state index is -0.458. The first-order chi connectivity index (χ1) is 9.31. The third-order valence-electron chi connectivity index (χ3n) is 2.88. The molecule has 2 rings (SSSR count). The Bertz CT molecular complexity index is 650. The number of carbonyl (C=O) groups excluding carboxylic acids is 1. The van der Waals surface area contributed by atoms with Crippen LogP contribution in [0.15, 0.2) is 28.7 Å². The van der Waals surface area contributed by atoms with Gasteiger partial charge in [-0.15, -0.1) is 0 Å². The monoisotopic (exact) mass is 338 g/mol. The van der Waals surface area contributed by atoms with Crippen molar-refractivity contribution in [3.8, 4) is 23.0 Å². The number of aromatic hydroxyl groups is 4. The predicted molar refractivity (Wildman–Crippen MR) is 75.4 cm³/mol. The molecule has 0 spiro atoms. The molecule has 0 aliphatic heterocycles. The molecule has 0 fully saturated rings. The Kier molecular flexibility index (Phi) is 3.59. The molecule has 4 N–H and O–H groups in total. The molecule has 2 aromatic rings. The first-order valence-electron chi connectivity index (χ1n) is 5.60. The highest BCUT2D eigenvalue weighted by molar-refractivity contribution is 9.10. The Morgan fingerprint density at radius 2 is 1.30 bits per heavy atom. The van der Waals surface area contributed by atoms with Gasteiger partial charge >= 0.3 is 0 Å². The summed E-state index contributed by atoms with van der Waals surface area (Å²) in [7, 11) is 0. The van der Waals surface area contributed by atoms with Crippen LogP contribution < -0.4 is 0 Å². The molecule has 0 aromatic heterocycles. The molecule has 104 valence electrons. The van der Waals surface area contributed by atoms with Crippen LogP contribution in [0.3, 0.4) is 0 Å². The minimum Gasteiger partial charge on any atom is -0.504 e. The largest absolute Gasteiger partial charge is 0.504 e. The molecular weight excluding hydrogens is 328 g/mol. The van der Waals surface area contributed by atoms with Crippen LogP contribution in [0.25, 0.3) is 0 Å². The number of phenols is 4. The van der Waals surface area contributed by atoms with E-state index < -0.39 is 17.3 Å². The molecule has 0 bridgehead atoms. The summed E-state index contributed by atoms with van der Waals surface area (Å²) >= 11 is 3.13. The molecule has 0 aliphatic carbocycles. The second-order valence-electron chi connectivity index (χ2n) is 4.31. The molecule has 0 saturated heterocycles. The standard InChI is InChI=1S/C14H11BrO5/c1-6-2-10(16)11(17)3-7(6)14(20)8-4-12(18)13(19)5-9(8)15/h2-5,16-19H,1H3. The summed E-state index contributed by atoms with van der Waals surface area (Å²) in [5.41, 5.74) is 0.796. The lowest BCUT2D eigenvalue weighted by atomic mass is 9.98. The number of benzene rings is 2. The molecule has 0 radical (unpaired) electrons. The van der Waals surface area contributed by atoms with Gasteiger partial charge in [-0.05, 0) is 52.7 Å². The quantitative estimate of drug-likeness (QED) is 0.498. The SMILES string of the molecule is Cc1cc(O)c(O)cc1C(=O)c1cc(O)c(O)cc1Br. The van der Waals surface area contributed by atoms with Crippen LogP contribution in [0.5, 0.6) is 23.0 Å². The van der Waals surface area contributed by atoms with Crippen molar-refractivity contribution in [3.05, 3.63) is 45.4 Å². The lowest BCUT2D eigenvalue weighted by molar-refractivity contribution is 0.103. The number of rotatable bonds is 2. The molecule has 0 unspecified atom stereocenters. The maximum absolute atomic E-state index is 12.4. The molecular formula is C14H11BrO5. The molecule has 2 aromatic carbocycles. The van der Waals surface area contributed by atoms with Crippen molar-refractivity contribution < 1.29 is 25.2 Å². The van der Waals surface area contributed by atoms with E-state index in [0.717, 1.165) is 12.1 Å². The maximum atomic E-state index is 12.4. The Hall–Kier alpha value is -2.21.